The third-order valence-electron chi connectivity index (χ3n) is 4.06. The third kappa shape index (κ3) is 2.89. The first-order valence-electron chi connectivity index (χ1n) is 6.83. The van der Waals surface area contributed by atoms with Gasteiger partial charge in [-0.3, -0.25) is 0 Å². The van der Waals surface area contributed by atoms with E-state index in [0.717, 1.165) is 13.1 Å². The topological polar surface area (TPSA) is 32.3 Å². The minimum atomic E-state index is 0.179. The highest BCUT2D eigenvalue weighted by Gasteiger charge is 2.25. The van der Waals surface area contributed by atoms with Crippen LogP contribution in [0.5, 0.6) is 0 Å². The Labute approximate surface area is 98.6 Å². The van der Waals surface area contributed by atoms with Crippen molar-refractivity contribution in [2.45, 2.75) is 57.9 Å². The normalized spacial score (nSPS) is 31.2. The predicted molar refractivity (Wildman–Crippen MR) is 65.4 cm³/mol. The van der Waals surface area contributed by atoms with Crippen LogP contribution in [0.4, 0.5) is 4.79 Å². The summed E-state index contributed by atoms with van der Waals surface area (Å²) in [6.07, 6.45) is 8.67. The molecular formula is C13H24N2O. The van der Waals surface area contributed by atoms with Crippen LogP contribution < -0.4 is 5.32 Å². The van der Waals surface area contributed by atoms with Crippen molar-refractivity contribution in [1.82, 2.24) is 10.2 Å². The second-order valence-corrected chi connectivity index (χ2v) is 5.37. The molecule has 0 spiro atoms. The number of nitrogens with one attached hydrogen (secondary N) is 1. The standard InChI is InChI=1S/C13H24N2O/c1-11-7-3-4-8-12(11)14-13(16)15-9-5-2-6-10-15/h11-12H,2-10H2,1H3,(H,14,16). The average Bonchev–Trinajstić information content (AvgIpc) is 2.33. The molecule has 1 saturated heterocycles. The molecule has 0 bridgehead atoms. The number of piperidine rings is 1. The van der Waals surface area contributed by atoms with Gasteiger partial charge in [0.15, 0.2) is 0 Å². The van der Waals surface area contributed by atoms with Crippen molar-refractivity contribution in [1.29, 1.82) is 0 Å². The van der Waals surface area contributed by atoms with Gasteiger partial charge in [-0.1, -0.05) is 19.8 Å². The number of rotatable bonds is 1. The van der Waals surface area contributed by atoms with Gasteiger partial charge in [0.2, 0.25) is 0 Å². The van der Waals surface area contributed by atoms with Crippen molar-refractivity contribution < 1.29 is 4.79 Å². The fourth-order valence-electron chi connectivity index (χ4n) is 2.88. The van der Waals surface area contributed by atoms with Gasteiger partial charge in [0.25, 0.3) is 0 Å². The van der Waals surface area contributed by atoms with E-state index in [2.05, 4.69) is 12.2 Å². The Balaban J connectivity index is 1.80. The summed E-state index contributed by atoms with van der Waals surface area (Å²) < 4.78 is 0. The molecule has 2 unspecified atom stereocenters. The Morgan fingerprint density at radius 1 is 1.06 bits per heavy atom. The first kappa shape index (κ1) is 11.7. The molecule has 0 aromatic heterocycles. The number of hydrogen-bond donors (Lipinski definition) is 1. The van der Waals surface area contributed by atoms with Gasteiger partial charge in [0.1, 0.15) is 0 Å². The zero-order valence-electron chi connectivity index (χ0n) is 10.4. The lowest BCUT2D eigenvalue weighted by Crippen LogP contribution is -2.49. The molecule has 0 aromatic carbocycles. The van der Waals surface area contributed by atoms with Crippen LogP contribution in [0, 0.1) is 5.92 Å². The van der Waals surface area contributed by atoms with Crippen LogP contribution in [-0.2, 0) is 0 Å². The van der Waals surface area contributed by atoms with E-state index in [1.165, 1.54) is 44.9 Å². The monoisotopic (exact) mass is 224 g/mol. The highest BCUT2D eigenvalue weighted by Crippen LogP contribution is 2.24. The summed E-state index contributed by atoms with van der Waals surface area (Å²) in [6, 6.07) is 0.599. The smallest absolute Gasteiger partial charge is 0.317 e. The molecule has 1 N–H and O–H groups in total. The molecule has 2 amide bonds. The van der Waals surface area contributed by atoms with Crippen molar-refractivity contribution in [3.8, 4) is 0 Å². The maximum atomic E-state index is 12.0. The van der Waals surface area contributed by atoms with E-state index in [-0.39, 0.29) is 6.03 Å². The summed E-state index contributed by atoms with van der Waals surface area (Å²) >= 11 is 0. The fourth-order valence-corrected chi connectivity index (χ4v) is 2.88. The van der Waals surface area contributed by atoms with E-state index in [0.29, 0.717) is 12.0 Å². The zero-order chi connectivity index (χ0) is 11.4. The molecule has 1 aliphatic heterocycles. The van der Waals surface area contributed by atoms with Crippen LogP contribution >= 0.6 is 0 Å². The number of nitrogens with zero attached hydrogens (tertiary/aromatic N) is 1. The summed E-state index contributed by atoms with van der Waals surface area (Å²) in [7, 11) is 0. The van der Waals surface area contributed by atoms with Gasteiger partial charge in [-0.15, -0.1) is 0 Å². The maximum absolute atomic E-state index is 12.0. The van der Waals surface area contributed by atoms with Gasteiger partial charge in [-0.2, -0.15) is 0 Å². The quantitative estimate of drug-likeness (QED) is 0.730. The van der Waals surface area contributed by atoms with Gasteiger partial charge in [-0.25, -0.2) is 4.79 Å². The fraction of sp³-hybridized carbons (Fsp3) is 0.923. The van der Waals surface area contributed by atoms with Crippen molar-refractivity contribution >= 4 is 6.03 Å². The molecule has 3 heteroatoms. The Kier molecular flexibility index (Phi) is 4.08. The minimum Gasteiger partial charge on any atom is -0.335 e. The number of amides is 2. The van der Waals surface area contributed by atoms with Crippen LogP contribution in [0.2, 0.25) is 0 Å². The van der Waals surface area contributed by atoms with Crippen LogP contribution in [0.25, 0.3) is 0 Å². The average molecular weight is 224 g/mol. The molecule has 1 heterocycles. The molecule has 1 aliphatic carbocycles. The van der Waals surface area contributed by atoms with Gasteiger partial charge >= 0.3 is 6.03 Å². The Morgan fingerprint density at radius 2 is 1.75 bits per heavy atom. The van der Waals surface area contributed by atoms with Crippen molar-refractivity contribution in [3.63, 3.8) is 0 Å². The highest BCUT2D eigenvalue weighted by atomic mass is 16.2. The SMILES string of the molecule is CC1CCCCC1NC(=O)N1CCCCC1. The molecule has 0 aromatic rings. The minimum absolute atomic E-state index is 0.179. The molecule has 2 fully saturated rings. The zero-order valence-corrected chi connectivity index (χ0v) is 10.4. The van der Waals surface area contributed by atoms with Crippen LogP contribution in [0.15, 0.2) is 0 Å². The number of hydrogen-bond acceptors (Lipinski definition) is 1. The first-order valence-corrected chi connectivity index (χ1v) is 6.83. The predicted octanol–water partition coefficient (Wildman–Crippen LogP) is 2.76. The van der Waals surface area contributed by atoms with Crippen LogP contribution in [-0.4, -0.2) is 30.1 Å². The molecule has 16 heavy (non-hydrogen) atoms. The molecule has 3 nitrogen and oxygen atoms in total. The summed E-state index contributed by atoms with van der Waals surface area (Å²) in [5.74, 6) is 0.655. The molecule has 0 radical (unpaired) electrons. The van der Waals surface area contributed by atoms with Crippen molar-refractivity contribution in [2.75, 3.05) is 13.1 Å². The van der Waals surface area contributed by atoms with Crippen LogP contribution in [0.1, 0.15) is 51.9 Å². The van der Waals surface area contributed by atoms with Crippen LogP contribution in [0.3, 0.4) is 0 Å². The van der Waals surface area contributed by atoms with E-state index < -0.39 is 0 Å². The second-order valence-electron chi connectivity index (χ2n) is 5.37. The lowest BCUT2D eigenvalue weighted by atomic mass is 9.86. The number of carbonyl (C=O) groups is 1. The van der Waals surface area contributed by atoms with Gasteiger partial charge in [-0.05, 0) is 38.0 Å². The molecule has 92 valence electrons. The largest absolute Gasteiger partial charge is 0.335 e. The Hall–Kier alpha value is -0.730. The second kappa shape index (κ2) is 5.55. The van der Waals surface area contributed by atoms with Crippen molar-refractivity contribution in [2.24, 2.45) is 5.92 Å². The highest BCUT2D eigenvalue weighted by molar-refractivity contribution is 5.74. The summed E-state index contributed by atoms with van der Waals surface area (Å²) in [5, 5.41) is 3.23. The van der Waals surface area contributed by atoms with Gasteiger partial charge < -0.3 is 10.2 Å². The number of likely N-dealkylation sites (tertiary alicyclic amines) is 1. The molecule has 2 rings (SSSR count). The van der Waals surface area contributed by atoms with E-state index in [1.807, 2.05) is 4.90 Å². The van der Waals surface area contributed by atoms with E-state index in [1.54, 1.807) is 0 Å². The van der Waals surface area contributed by atoms with E-state index in [4.69, 9.17) is 0 Å². The molecule has 1 saturated carbocycles. The summed E-state index contributed by atoms with van der Waals surface area (Å²) in [6.45, 7) is 4.17. The first-order chi connectivity index (χ1) is 7.77. The third-order valence-corrected chi connectivity index (χ3v) is 4.06. The van der Waals surface area contributed by atoms with Crippen molar-refractivity contribution in [3.05, 3.63) is 0 Å². The summed E-state index contributed by atoms with van der Waals surface area (Å²) in [4.78, 5) is 14.0. The number of carbonyl (C=O) groups excluding carboxylic acids is 1. The van der Waals surface area contributed by atoms with E-state index >= 15 is 0 Å². The molecule has 2 atom stereocenters. The Bertz CT molecular complexity index is 236. The molecular weight excluding hydrogens is 200 g/mol. The van der Waals surface area contributed by atoms with Gasteiger partial charge in [0.05, 0.1) is 0 Å². The summed E-state index contributed by atoms with van der Waals surface area (Å²) in [5.41, 5.74) is 0. The molecule has 2 aliphatic rings. The van der Waals surface area contributed by atoms with E-state index in [9.17, 15) is 4.79 Å². The number of urea groups is 1. The lowest BCUT2D eigenvalue weighted by Gasteiger charge is -2.33. The van der Waals surface area contributed by atoms with Gasteiger partial charge in [0, 0.05) is 19.1 Å². The maximum Gasteiger partial charge on any atom is 0.317 e. The lowest BCUT2D eigenvalue weighted by molar-refractivity contribution is 0.172. The Morgan fingerprint density at radius 3 is 2.44 bits per heavy atom.